The summed E-state index contributed by atoms with van der Waals surface area (Å²) >= 11 is 3.22. The number of hydrogen-bond acceptors (Lipinski definition) is 4. The number of benzene rings is 2. The summed E-state index contributed by atoms with van der Waals surface area (Å²) < 4.78 is 33.2. The van der Waals surface area contributed by atoms with Gasteiger partial charge in [0.25, 0.3) is 10.0 Å². The summed E-state index contributed by atoms with van der Waals surface area (Å²) in [6, 6.07) is 11.3. The molecule has 0 atom stereocenters. The number of nitrogen functional groups attached to an aromatic ring is 1. The Kier molecular flexibility index (Phi) is 4.74. The molecule has 21 heavy (non-hydrogen) atoms. The van der Waals surface area contributed by atoms with E-state index in [1.807, 2.05) is 6.92 Å². The molecule has 0 bridgehead atoms. The molecular weight excluding hydrogens is 356 g/mol. The predicted molar refractivity (Wildman–Crippen MR) is 87.0 cm³/mol. The van der Waals surface area contributed by atoms with Crippen molar-refractivity contribution < 1.29 is 13.2 Å². The second-order valence-electron chi connectivity index (χ2n) is 4.22. The minimum atomic E-state index is -3.71. The van der Waals surface area contributed by atoms with Crippen molar-refractivity contribution in [1.29, 1.82) is 0 Å². The third-order valence-corrected chi connectivity index (χ3v) is 4.76. The van der Waals surface area contributed by atoms with Gasteiger partial charge >= 0.3 is 0 Å². The third kappa shape index (κ3) is 3.68. The summed E-state index contributed by atoms with van der Waals surface area (Å²) in [4.78, 5) is 0.120. The lowest BCUT2D eigenvalue weighted by Gasteiger charge is -2.13. The van der Waals surface area contributed by atoms with Crippen LogP contribution in [0.3, 0.4) is 0 Å². The van der Waals surface area contributed by atoms with Gasteiger partial charge in [0.15, 0.2) is 0 Å². The number of anilines is 2. The van der Waals surface area contributed by atoms with Crippen LogP contribution in [0.15, 0.2) is 51.8 Å². The first-order chi connectivity index (χ1) is 9.94. The average molecular weight is 371 g/mol. The minimum Gasteiger partial charge on any atom is -0.492 e. The van der Waals surface area contributed by atoms with Crippen LogP contribution in [-0.4, -0.2) is 15.0 Å². The molecule has 0 fully saturated rings. The van der Waals surface area contributed by atoms with Gasteiger partial charge in [-0.3, -0.25) is 4.72 Å². The summed E-state index contributed by atoms with van der Waals surface area (Å²) in [6.45, 7) is 2.29. The van der Waals surface area contributed by atoms with Crippen molar-refractivity contribution in [3.8, 4) is 5.75 Å². The van der Waals surface area contributed by atoms with Gasteiger partial charge in [-0.1, -0.05) is 12.1 Å². The largest absolute Gasteiger partial charge is 0.492 e. The van der Waals surface area contributed by atoms with Crippen LogP contribution in [0.2, 0.25) is 0 Å². The number of hydrogen-bond donors (Lipinski definition) is 2. The topological polar surface area (TPSA) is 81.4 Å². The molecule has 0 unspecified atom stereocenters. The van der Waals surface area contributed by atoms with E-state index in [9.17, 15) is 8.42 Å². The van der Waals surface area contributed by atoms with Gasteiger partial charge in [-0.15, -0.1) is 0 Å². The molecule has 0 aliphatic rings. The molecule has 7 heteroatoms. The van der Waals surface area contributed by atoms with Gasteiger partial charge in [-0.05, 0) is 53.2 Å². The highest BCUT2D eigenvalue weighted by Gasteiger charge is 2.17. The zero-order chi connectivity index (χ0) is 15.5. The Hall–Kier alpha value is -1.73. The number of sulfonamides is 1. The Labute approximate surface area is 132 Å². The number of nitrogens with one attached hydrogen (secondary N) is 1. The maximum atomic E-state index is 12.4. The molecule has 0 heterocycles. The minimum absolute atomic E-state index is 0.120. The zero-order valence-corrected chi connectivity index (χ0v) is 13.7. The van der Waals surface area contributed by atoms with E-state index in [1.165, 1.54) is 18.2 Å². The summed E-state index contributed by atoms with van der Waals surface area (Å²) in [5.74, 6) is 0.484. The molecule has 0 spiro atoms. The maximum absolute atomic E-state index is 12.4. The van der Waals surface area contributed by atoms with E-state index in [0.29, 0.717) is 28.2 Å². The number of halogens is 1. The summed E-state index contributed by atoms with van der Waals surface area (Å²) in [5.41, 5.74) is 6.54. The fourth-order valence-corrected chi connectivity index (χ4v) is 3.34. The van der Waals surface area contributed by atoms with Gasteiger partial charge in [0, 0.05) is 10.2 Å². The summed E-state index contributed by atoms with van der Waals surface area (Å²) in [6.07, 6.45) is 0. The molecular formula is C14H15BrN2O3S. The van der Waals surface area contributed by atoms with E-state index in [-0.39, 0.29) is 4.90 Å². The Balaban J connectivity index is 2.35. The second kappa shape index (κ2) is 6.36. The van der Waals surface area contributed by atoms with Gasteiger partial charge in [0.05, 0.1) is 17.2 Å². The van der Waals surface area contributed by atoms with Gasteiger partial charge in [-0.25, -0.2) is 8.42 Å². The molecule has 5 nitrogen and oxygen atoms in total. The van der Waals surface area contributed by atoms with Crippen molar-refractivity contribution in [2.24, 2.45) is 0 Å². The van der Waals surface area contributed by atoms with Crippen molar-refractivity contribution in [1.82, 2.24) is 0 Å². The molecule has 112 valence electrons. The van der Waals surface area contributed by atoms with Crippen molar-refractivity contribution >= 4 is 37.3 Å². The van der Waals surface area contributed by atoms with Crippen LogP contribution >= 0.6 is 15.9 Å². The van der Waals surface area contributed by atoms with Gasteiger partial charge in [0.2, 0.25) is 0 Å². The first-order valence-electron chi connectivity index (χ1n) is 6.23. The third-order valence-electron chi connectivity index (χ3n) is 2.71. The van der Waals surface area contributed by atoms with E-state index < -0.39 is 10.0 Å². The molecule has 0 saturated heterocycles. The van der Waals surface area contributed by atoms with E-state index >= 15 is 0 Å². The number of para-hydroxylation sites is 2. The van der Waals surface area contributed by atoms with Crippen LogP contribution in [-0.2, 0) is 10.0 Å². The SMILES string of the molecule is CCOc1ccccc1NS(=O)(=O)c1ccc(N)c(Br)c1. The van der Waals surface area contributed by atoms with Crippen molar-refractivity contribution in [2.75, 3.05) is 17.1 Å². The molecule has 0 amide bonds. The Morgan fingerprint density at radius 3 is 2.62 bits per heavy atom. The Morgan fingerprint density at radius 2 is 1.95 bits per heavy atom. The van der Waals surface area contributed by atoms with E-state index in [4.69, 9.17) is 10.5 Å². The van der Waals surface area contributed by atoms with Crippen LogP contribution < -0.4 is 15.2 Å². The Bertz CT molecular complexity index is 748. The van der Waals surface area contributed by atoms with Crippen LogP contribution in [0.5, 0.6) is 5.75 Å². The lowest BCUT2D eigenvalue weighted by Crippen LogP contribution is -2.14. The molecule has 0 aliphatic heterocycles. The fraction of sp³-hybridized carbons (Fsp3) is 0.143. The fourth-order valence-electron chi connectivity index (χ4n) is 1.71. The van der Waals surface area contributed by atoms with Crippen LogP contribution in [0.1, 0.15) is 6.92 Å². The Morgan fingerprint density at radius 1 is 1.24 bits per heavy atom. The van der Waals surface area contributed by atoms with Crippen LogP contribution in [0.25, 0.3) is 0 Å². The molecule has 0 radical (unpaired) electrons. The lowest BCUT2D eigenvalue weighted by atomic mass is 10.3. The van der Waals surface area contributed by atoms with Crippen molar-refractivity contribution in [3.63, 3.8) is 0 Å². The summed E-state index contributed by atoms with van der Waals surface area (Å²) in [5, 5.41) is 0. The smallest absolute Gasteiger partial charge is 0.262 e. The standard InChI is InChI=1S/C14H15BrN2O3S/c1-2-20-14-6-4-3-5-13(14)17-21(18,19)10-7-8-12(16)11(15)9-10/h3-9,17H,2,16H2,1H3. The molecule has 2 aromatic carbocycles. The zero-order valence-electron chi connectivity index (χ0n) is 11.3. The van der Waals surface area contributed by atoms with Crippen molar-refractivity contribution in [2.45, 2.75) is 11.8 Å². The lowest BCUT2D eigenvalue weighted by molar-refractivity contribution is 0.342. The highest BCUT2D eigenvalue weighted by molar-refractivity contribution is 9.10. The first kappa shape index (κ1) is 15.7. The van der Waals surface area contributed by atoms with E-state index in [0.717, 1.165) is 0 Å². The number of nitrogens with two attached hydrogens (primary N) is 1. The summed E-state index contributed by atoms with van der Waals surface area (Å²) in [7, 11) is -3.71. The number of rotatable bonds is 5. The quantitative estimate of drug-likeness (QED) is 0.791. The maximum Gasteiger partial charge on any atom is 0.262 e. The van der Waals surface area contributed by atoms with Gasteiger partial charge in [0.1, 0.15) is 5.75 Å². The normalized spacial score (nSPS) is 11.1. The molecule has 0 aromatic heterocycles. The molecule has 2 rings (SSSR count). The van der Waals surface area contributed by atoms with Crippen LogP contribution in [0, 0.1) is 0 Å². The highest BCUT2D eigenvalue weighted by atomic mass is 79.9. The highest BCUT2D eigenvalue weighted by Crippen LogP contribution is 2.28. The molecule has 0 saturated carbocycles. The van der Waals surface area contributed by atoms with Gasteiger partial charge < -0.3 is 10.5 Å². The first-order valence-corrected chi connectivity index (χ1v) is 8.51. The molecule has 3 N–H and O–H groups in total. The number of ether oxygens (including phenoxy) is 1. The van der Waals surface area contributed by atoms with E-state index in [2.05, 4.69) is 20.7 Å². The van der Waals surface area contributed by atoms with Gasteiger partial charge in [-0.2, -0.15) is 0 Å². The molecule has 0 aliphatic carbocycles. The van der Waals surface area contributed by atoms with E-state index in [1.54, 1.807) is 24.3 Å². The van der Waals surface area contributed by atoms with Crippen LogP contribution in [0.4, 0.5) is 11.4 Å². The second-order valence-corrected chi connectivity index (χ2v) is 6.75. The predicted octanol–water partition coefficient (Wildman–Crippen LogP) is 3.23. The molecule has 2 aromatic rings. The monoisotopic (exact) mass is 370 g/mol. The average Bonchev–Trinajstić information content (AvgIpc) is 2.44. The van der Waals surface area contributed by atoms with Crippen molar-refractivity contribution in [3.05, 3.63) is 46.9 Å².